The van der Waals surface area contributed by atoms with Crippen LogP contribution in [0.3, 0.4) is 0 Å². The fraction of sp³-hybridized carbons (Fsp3) is 0.429. The number of nitrogen functional groups attached to an aromatic ring is 1. The molecule has 1 aliphatic rings. The minimum absolute atomic E-state index is 0.275. The first-order valence-electron chi connectivity index (χ1n) is 6.93. The number of nitrogens with zero attached hydrogens (tertiary/aromatic N) is 3. The predicted octanol–water partition coefficient (Wildman–Crippen LogP) is 0.855. The SMILES string of the molecule is Nc1nc(OCCON2CCOCC2)nc2ccccc12. The molecule has 0 unspecified atom stereocenters. The molecule has 21 heavy (non-hydrogen) atoms. The number of rotatable bonds is 5. The number of ether oxygens (including phenoxy) is 2. The zero-order valence-corrected chi connectivity index (χ0v) is 11.7. The van der Waals surface area contributed by atoms with E-state index in [4.69, 9.17) is 20.0 Å². The number of benzene rings is 1. The van der Waals surface area contributed by atoms with Crippen molar-refractivity contribution in [3.63, 3.8) is 0 Å². The van der Waals surface area contributed by atoms with Crippen molar-refractivity contribution in [1.29, 1.82) is 0 Å². The number of aromatic nitrogens is 2. The van der Waals surface area contributed by atoms with Crippen LogP contribution in [-0.4, -0.2) is 54.5 Å². The number of hydroxylamine groups is 2. The average Bonchev–Trinajstić information content (AvgIpc) is 2.53. The molecular weight excluding hydrogens is 272 g/mol. The van der Waals surface area contributed by atoms with E-state index in [0.29, 0.717) is 32.2 Å². The number of hydrogen-bond acceptors (Lipinski definition) is 7. The summed E-state index contributed by atoms with van der Waals surface area (Å²) in [4.78, 5) is 14.0. The summed E-state index contributed by atoms with van der Waals surface area (Å²) in [5.41, 5.74) is 6.67. The van der Waals surface area contributed by atoms with Gasteiger partial charge in [-0.15, -0.1) is 0 Å². The molecule has 0 spiro atoms. The van der Waals surface area contributed by atoms with Gasteiger partial charge in [-0.2, -0.15) is 15.0 Å². The highest BCUT2D eigenvalue weighted by Crippen LogP contribution is 2.19. The maximum absolute atomic E-state index is 5.89. The van der Waals surface area contributed by atoms with Crippen molar-refractivity contribution >= 4 is 16.7 Å². The third-order valence-corrected chi connectivity index (χ3v) is 3.17. The van der Waals surface area contributed by atoms with Crippen molar-refractivity contribution in [3.8, 4) is 6.01 Å². The largest absolute Gasteiger partial charge is 0.461 e. The predicted molar refractivity (Wildman–Crippen MR) is 77.8 cm³/mol. The lowest BCUT2D eigenvalue weighted by atomic mass is 10.2. The van der Waals surface area contributed by atoms with E-state index in [-0.39, 0.29) is 6.01 Å². The van der Waals surface area contributed by atoms with Crippen LogP contribution < -0.4 is 10.5 Å². The van der Waals surface area contributed by atoms with Gasteiger partial charge in [-0.1, -0.05) is 12.1 Å². The van der Waals surface area contributed by atoms with Crippen molar-refractivity contribution in [2.24, 2.45) is 0 Å². The third kappa shape index (κ3) is 3.57. The molecule has 0 bridgehead atoms. The Balaban J connectivity index is 1.53. The number of hydrogen-bond donors (Lipinski definition) is 1. The Morgan fingerprint density at radius 3 is 2.81 bits per heavy atom. The van der Waals surface area contributed by atoms with Gasteiger partial charge in [0.1, 0.15) is 19.0 Å². The highest BCUT2D eigenvalue weighted by atomic mass is 16.7. The van der Waals surface area contributed by atoms with Gasteiger partial charge >= 0.3 is 6.01 Å². The highest BCUT2D eigenvalue weighted by molar-refractivity contribution is 5.87. The van der Waals surface area contributed by atoms with E-state index in [9.17, 15) is 0 Å². The second kappa shape index (κ2) is 6.66. The summed E-state index contributed by atoms with van der Waals surface area (Å²) in [6.07, 6.45) is 0. The molecule has 7 nitrogen and oxygen atoms in total. The molecule has 1 aromatic heterocycles. The summed E-state index contributed by atoms with van der Waals surface area (Å²) in [5.74, 6) is 0.421. The second-order valence-electron chi connectivity index (χ2n) is 4.63. The minimum atomic E-state index is 0.275. The van der Waals surface area contributed by atoms with Gasteiger partial charge in [0.05, 0.1) is 18.7 Å². The van der Waals surface area contributed by atoms with Crippen LogP contribution in [0.15, 0.2) is 24.3 Å². The van der Waals surface area contributed by atoms with Gasteiger partial charge in [0, 0.05) is 18.5 Å². The maximum Gasteiger partial charge on any atom is 0.319 e. The van der Waals surface area contributed by atoms with Gasteiger partial charge in [-0.05, 0) is 12.1 Å². The Bertz CT molecular complexity index is 602. The number of nitrogens with two attached hydrogens (primary N) is 1. The third-order valence-electron chi connectivity index (χ3n) is 3.17. The molecule has 0 amide bonds. The van der Waals surface area contributed by atoms with E-state index in [2.05, 4.69) is 9.97 Å². The molecule has 1 fully saturated rings. The summed E-state index contributed by atoms with van der Waals surface area (Å²) in [6, 6.07) is 7.84. The molecular formula is C14H18N4O3. The summed E-state index contributed by atoms with van der Waals surface area (Å²) < 4.78 is 10.7. The first-order valence-corrected chi connectivity index (χ1v) is 6.93. The van der Waals surface area contributed by atoms with Crippen LogP contribution in [0.2, 0.25) is 0 Å². The number of morpholine rings is 1. The van der Waals surface area contributed by atoms with E-state index in [1.807, 2.05) is 29.3 Å². The van der Waals surface area contributed by atoms with Gasteiger partial charge in [-0.3, -0.25) is 4.84 Å². The quantitative estimate of drug-likeness (QED) is 0.817. The first-order chi connectivity index (χ1) is 10.3. The summed E-state index contributed by atoms with van der Waals surface area (Å²) in [6.45, 7) is 3.76. The van der Waals surface area contributed by atoms with E-state index in [1.165, 1.54) is 0 Å². The molecule has 1 aliphatic heterocycles. The zero-order valence-electron chi connectivity index (χ0n) is 11.7. The van der Waals surface area contributed by atoms with E-state index < -0.39 is 0 Å². The van der Waals surface area contributed by atoms with Crippen LogP contribution in [0.4, 0.5) is 5.82 Å². The van der Waals surface area contributed by atoms with Gasteiger partial charge in [0.15, 0.2) is 0 Å². The molecule has 2 aromatic rings. The number of fused-ring (bicyclic) bond motifs is 1. The highest BCUT2D eigenvalue weighted by Gasteiger charge is 2.11. The normalized spacial score (nSPS) is 16.2. The second-order valence-corrected chi connectivity index (χ2v) is 4.63. The maximum atomic E-state index is 5.89. The zero-order chi connectivity index (χ0) is 14.5. The summed E-state index contributed by atoms with van der Waals surface area (Å²) >= 11 is 0. The Hall–Kier alpha value is -1.96. The van der Waals surface area contributed by atoms with Crippen molar-refractivity contribution in [3.05, 3.63) is 24.3 Å². The fourth-order valence-corrected chi connectivity index (χ4v) is 2.12. The standard InChI is InChI=1S/C14H18N4O3/c15-13-11-3-1-2-4-12(11)16-14(17-13)20-9-10-21-18-5-7-19-8-6-18/h1-4H,5-10H2,(H2,15,16,17). The van der Waals surface area contributed by atoms with Crippen LogP contribution in [0.5, 0.6) is 6.01 Å². The minimum Gasteiger partial charge on any atom is -0.461 e. The van der Waals surface area contributed by atoms with E-state index in [1.54, 1.807) is 0 Å². The van der Waals surface area contributed by atoms with Crippen LogP contribution in [0.25, 0.3) is 10.9 Å². The van der Waals surface area contributed by atoms with Gasteiger partial charge < -0.3 is 15.2 Å². The first kappa shape index (κ1) is 14.0. The monoisotopic (exact) mass is 290 g/mol. The van der Waals surface area contributed by atoms with Crippen LogP contribution >= 0.6 is 0 Å². The Morgan fingerprint density at radius 1 is 1.14 bits per heavy atom. The Labute approximate surface area is 122 Å². The summed E-state index contributed by atoms with van der Waals surface area (Å²) in [5, 5.41) is 2.71. The molecule has 0 radical (unpaired) electrons. The lowest BCUT2D eigenvalue weighted by Crippen LogP contribution is -2.37. The van der Waals surface area contributed by atoms with Gasteiger partial charge in [0.25, 0.3) is 0 Å². The molecule has 0 saturated carbocycles. The van der Waals surface area contributed by atoms with Crippen molar-refractivity contribution in [2.45, 2.75) is 0 Å². The summed E-state index contributed by atoms with van der Waals surface area (Å²) in [7, 11) is 0. The molecule has 0 atom stereocenters. The van der Waals surface area contributed by atoms with Gasteiger partial charge in [0.2, 0.25) is 0 Å². The van der Waals surface area contributed by atoms with Crippen LogP contribution in [0, 0.1) is 0 Å². The smallest absolute Gasteiger partial charge is 0.319 e. The fourth-order valence-electron chi connectivity index (χ4n) is 2.12. The molecule has 2 heterocycles. The van der Waals surface area contributed by atoms with Crippen molar-refractivity contribution in [1.82, 2.24) is 15.0 Å². The van der Waals surface area contributed by atoms with Crippen LogP contribution in [0.1, 0.15) is 0 Å². The van der Waals surface area contributed by atoms with Crippen molar-refractivity contribution in [2.75, 3.05) is 45.3 Å². The topological polar surface area (TPSA) is 82.7 Å². The molecule has 1 saturated heterocycles. The average molecular weight is 290 g/mol. The molecule has 0 aliphatic carbocycles. The number of para-hydroxylation sites is 1. The number of anilines is 1. The van der Waals surface area contributed by atoms with Crippen LogP contribution in [-0.2, 0) is 9.57 Å². The molecule has 2 N–H and O–H groups in total. The molecule has 3 rings (SSSR count). The Morgan fingerprint density at radius 2 is 1.95 bits per heavy atom. The van der Waals surface area contributed by atoms with E-state index >= 15 is 0 Å². The van der Waals surface area contributed by atoms with Gasteiger partial charge in [-0.25, -0.2) is 0 Å². The Kier molecular flexibility index (Phi) is 4.44. The van der Waals surface area contributed by atoms with E-state index in [0.717, 1.165) is 24.0 Å². The van der Waals surface area contributed by atoms with Crippen molar-refractivity contribution < 1.29 is 14.3 Å². The molecule has 1 aromatic carbocycles. The lowest BCUT2D eigenvalue weighted by Gasteiger charge is -2.25. The molecule has 7 heteroatoms. The lowest BCUT2D eigenvalue weighted by molar-refractivity contribution is -0.197. The molecule has 112 valence electrons.